The monoisotopic (exact) mass is 327 g/mol. The maximum atomic E-state index is 12.4. The van der Waals surface area contributed by atoms with E-state index in [9.17, 15) is 4.79 Å². The van der Waals surface area contributed by atoms with Crippen molar-refractivity contribution in [2.24, 2.45) is 5.92 Å². The molecule has 0 spiro atoms. The normalized spacial score (nSPS) is 15.8. The molecule has 2 aromatic rings. The first-order valence-corrected chi connectivity index (χ1v) is 8.36. The topological polar surface area (TPSA) is 67.5 Å². The highest BCUT2D eigenvalue weighted by atomic mass is 16.7. The number of hydrogen-bond donors (Lipinski definition) is 1. The molecule has 0 bridgehead atoms. The third kappa shape index (κ3) is 2.84. The Bertz CT molecular complexity index is 765. The highest BCUT2D eigenvalue weighted by molar-refractivity contribution is 5.81. The predicted octanol–water partition coefficient (Wildman–Crippen LogP) is 2.95. The lowest BCUT2D eigenvalue weighted by molar-refractivity contribution is -0.135. The van der Waals surface area contributed by atoms with Gasteiger partial charge in [0.15, 0.2) is 11.5 Å². The van der Waals surface area contributed by atoms with Crippen molar-refractivity contribution in [3.8, 4) is 22.8 Å². The van der Waals surface area contributed by atoms with Crippen LogP contribution in [0, 0.1) is 5.92 Å². The maximum Gasteiger partial charge on any atom is 0.231 e. The Labute approximate surface area is 140 Å². The Balaban J connectivity index is 1.52. The molecule has 1 N–H and O–H groups in total. The van der Waals surface area contributed by atoms with Gasteiger partial charge in [0.05, 0.1) is 18.4 Å². The Morgan fingerprint density at radius 2 is 2.12 bits per heavy atom. The number of rotatable bonds is 5. The van der Waals surface area contributed by atoms with E-state index < -0.39 is 0 Å². The molecule has 0 unspecified atom stereocenters. The Morgan fingerprint density at radius 3 is 2.88 bits per heavy atom. The van der Waals surface area contributed by atoms with Crippen molar-refractivity contribution in [3.63, 3.8) is 0 Å². The molecular formula is C18H21N3O3. The molecule has 0 radical (unpaired) electrons. The second-order valence-corrected chi connectivity index (χ2v) is 6.65. The van der Waals surface area contributed by atoms with Crippen LogP contribution in [0.1, 0.15) is 32.5 Å². The molecule has 4 rings (SSSR count). The quantitative estimate of drug-likeness (QED) is 0.917. The summed E-state index contributed by atoms with van der Waals surface area (Å²) in [5.41, 5.74) is 1.90. The zero-order valence-corrected chi connectivity index (χ0v) is 13.9. The number of nitrogens with zero attached hydrogens (tertiary/aromatic N) is 2. The molecule has 2 heterocycles. The van der Waals surface area contributed by atoms with Crippen LogP contribution in [0.3, 0.4) is 0 Å². The van der Waals surface area contributed by atoms with Crippen molar-refractivity contribution < 1.29 is 14.3 Å². The molecule has 1 aliphatic carbocycles. The smallest absolute Gasteiger partial charge is 0.231 e. The molecule has 1 aromatic heterocycles. The first-order chi connectivity index (χ1) is 11.6. The number of hydrogen-bond acceptors (Lipinski definition) is 4. The summed E-state index contributed by atoms with van der Waals surface area (Å²) in [4.78, 5) is 22.1. The number of carbonyl (C=O) groups is 1. The van der Waals surface area contributed by atoms with Gasteiger partial charge in [0.25, 0.3) is 0 Å². The van der Waals surface area contributed by atoms with Gasteiger partial charge in [-0.3, -0.25) is 4.79 Å². The lowest BCUT2D eigenvalue weighted by Crippen LogP contribution is -2.37. The predicted molar refractivity (Wildman–Crippen MR) is 88.6 cm³/mol. The van der Waals surface area contributed by atoms with Gasteiger partial charge in [-0.25, -0.2) is 4.98 Å². The third-order valence-corrected chi connectivity index (χ3v) is 4.47. The van der Waals surface area contributed by atoms with E-state index in [0.717, 1.165) is 41.4 Å². The number of aromatic amines is 1. The number of amides is 1. The van der Waals surface area contributed by atoms with E-state index in [4.69, 9.17) is 9.47 Å². The van der Waals surface area contributed by atoms with Crippen molar-refractivity contribution >= 4 is 5.91 Å². The SMILES string of the molecule is CC(C)N(Cc1ncc(-c2ccc3c(c2)OCO3)[nH]1)C(=O)C1CC1. The van der Waals surface area contributed by atoms with E-state index in [-0.39, 0.29) is 24.7 Å². The van der Waals surface area contributed by atoms with Crippen LogP contribution in [0.15, 0.2) is 24.4 Å². The second-order valence-electron chi connectivity index (χ2n) is 6.65. The summed E-state index contributed by atoms with van der Waals surface area (Å²) in [5.74, 6) is 2.77. The van der Waals surface area contributed by atoms with Gasteiger partial charge in [-0.15, -0.1) is 0 Å². The molecule has 1 aliphatic heterocycles. The number of fused-ring (bicyclic) bond motifs is 1. The van der Waals surface area contributed by atoms with Gasteiger partial charge < -0.3 is 19.4 Å². The zero-order valence-electron chi connectivity index (χ0n) is 13.9. The lowest BCUT2D eigenvalue weighted by Gasteiger charge is -2.25. The van der Waals surface area contributed by atoms with Gasteiger partial charge in [0.2, 0.25) is 12.7 Å². The van der Waals surface area contributed by atoms with Crippen molar-refractivity contribution in [2.45, 2.75) is 39.3 Å². The van der Waals surface area contributed by atoms with E-state index >= 15 is 0 Å². The Hall–Kier alpha value is -2.50. The molecule has 0 atom stereocenters. The highest BCUT2D eigenvalue weighted by Crippen LogP contribution is 2.35. The van der Waals surface area contributed by atoms with E-state index in [1.165, 1.54) is 0 Å². The van der Waals surface area contributed by atoms with Crippen molar-refractivity contribution in [2.75, 3.05) is 6.79 Å². The van der Waals surface area contributed by atoms with Crippen molar-refractivity contribution in [1.82, 2.24) is 14.9 Å². The fourth-order valence-electron chi connectivity index (χ4n) is 2.89. The molecule has 0 saturated heterocycles. The molecule has 126 valence electrons. The first kappa shape index (κ1) is 15.1. The number of ether oxygens (including phenoxy) is 2. The Kier molecular flexibility index (Phi) is 3.67. The summed E-state index contributed by atoms with van der Waals surface area (Å²) in [6, 6.07) is 5.97. The largest absolute Gasteiger partial charge is 0.454 e. The minimum absolute atomic E-state index is 0.164. The van der Waals surface area contributed by atoms with Crippen LogP contribution in [0.4, 0.5) is 0 Å². The summed E-state index contributed by atoms with van der Waals surface area (Å²) >= 11 is 0. The average molecular weight is 327 g/mol. The van der Waals surface area contributed by atoms with Crippen LogP contribution in [0.2, 0.25) is 0 Å². The summed E-state index contributed by atoms with van der Waals surface area (Å²) in [5, 5.41) is 0. The fraction of sp³-hybridized carbons (Fsp3) is 0.444. The minimum Gasteiger partial charge on any atom is -0.454 e. The average Bonchev–Trinajstić information content (AvgIpc) is 3.14. The maximum absolute atomic E-state index is 12.4. The number of nitrogens with one attached hydrogen (secondary N) is 1. The van der Waals surface area contributed by atoms with Crippen LogP contribution >= 0.6 is 0 Å². The first-order valence-electron chi connectivity index (χ1n) is 8.36. The van der Waals surface area contributed by atoms with Crippen LogP contribution in [0.25, 0.3) is 11.3 Å². The van der Waals surface area contributed by atoms with Gasteiger partial charge in [-0.05, 0) is 44.9 Å². The summed E-state index contributed by atoms with van der Waals surface area (Å²) in [7, 11) is 0. The molecule has 24 heavy (non-hydrogen) atoms. The van der Waals surface area contributed by atoms with Gasteiger partial charge >= 0.3 is 0 Å². The van der Waals surface area contributed by atoms with Gasteiger partial charge in [0.1, 0.15) is 5.82 Å². The number of imidazole rings is 1. The van der Waals surface area contributed by atoms with Gasteiger partial charge in [-0.2, -0.15) is 0 Å². The van der Waals surface area contributed by atoms with Crippen LogP contribution < -0.4 is 9.47 Å². The molecule has 6 heteroatoms. The lowest BCUT2D eigenvalue weighted by atomic mass is 10.1. The number of H-pyrrole nitrogens is 1. The van der Waals surface area contributed by atoms with Crippen LogP contribution in [-0.4, -0.2) is 33.6 Å². The fourth-order valence-corrected chi connectivity index (χ4v) is 2.89. The molecule has 1 saturated carbocycles. The zero-order chi connectivity index (χ0) is 16.7. The molecule has 6 nitrogen and oxygen atoms in total. The summed E-state index contributed by atoms with van der Waals surface area (Å²) < 4.78 is 10.8. The second kappa shape index (κ2) is 5.85. The number of aromatic nitrogens is 2. The van der Waals surface area contributed by atoms with Crippen LogP contribution in [0.5, 0.6) is 11.5 Å². The van der Waals surface area contributed by atoms with Crippen LogP contribution in [-0.2, 0) is 11.3 Å². The molecule has 1 aromatic carbocycles. The standard InChI is InChI=1S/C18H21N3O3/c1-11(2)21(18(22)12-3-4-12)9-17-19-8-14(20-17)13-5-6-15-16(7-13)24-10-23-15/h5-8,11-12H,3-4,9-10H2,1-2H3,(H,19,20). The van der Waals surface area contributed by atoms with E-state index in [1.807, 2.05) is 36.9 Å². The van der Waals surface area contributed by atoms with E-state index in [0.29, 0.717) is 6.54 Å². The van der Waals surface area contributed by atoms with Gasteiger partial charge in [0, 0.05) is 17.5 Å². The summed E-state index contributed by atoms with van der Waals surface area (Å²) in [6.07, 6.45) is 3.83. The van der Waals surface area contributed by atoms with Crippen molar-refractivity contribution in [3.05, 3.63) is 30.2 Å². The molecule has 1 fully saturated rings. The number of carbonyl (C=O) groups excluding carboxylic acids is 1. The third-order valence-electron chi connectivity index (χ3n) is 4.47. The van der Waals surface area contributed by atoms with Crippen molar-refractivity contribution in [1.29, 1.82) is 0 Å². The van der Waals surface area contributed by atoms with Gasteiger partial charge in [-0.1, -0.05) is 0 Å². The number of benzene rings is 1. The molecule has 2 aliphatic rings. The molecule has 1 amide bonds. The summed E-state index contributed by atoms with van der Waals surface area (Å²) in [6.45, 7) is 4.86. The van der Waals surface area contributed by atoms with E-state index in [1.54, 1.807) is 6.20 Å². The highest BCUT2D eigenvalue weighted by Gasteiger charge is 2.34. The Morgan fingerprint density at radius 1 is 1.33 bits per heavy atom. The minimum atomic E-state index is 0.164. The molecular weight excluding hydrogens is 306 g/mol. The van der Waals surface area contributed by atoms with E-state index in [2.05, 4.69) is 9.97 Å².